The van der Waals surface area contributed by atoms with Crippen LogP contribution in [0.2, 0.25) is 0 Å². The van der Waals surface area contributed by atoms with Gasteiger partial charge >= 0.3 is 7.48 Å². The van der Waals surface area contributed by atoms with Crippen molar-refractivity contribution < 1.29 is 9.76 Å². The number of aliphatic hydroxyl groups is 1. The monoisotopic (exact) mass is 262 g/mol. The minimum absolute atomic E-state index is 0.00954. The Bertz CT molecular complexity index is 431. The van der Waals surface area contributed by atoms with Gasteiger partial charge in [0.15, 0.2) is 0 Å². The maximum atomic E-state index is 10.0. The van der Waals surface area contributed by atoms with Crippen molar-refractivity contribution in [2.45, 2.75) is 65.1 Å². The molecule has 1 N–H and O–H groups in total. The quantitative estimate of drug-likeness (QED) is 0.846. The van der Waals surface area contributed by atoms with Crippen LogP contribution in [0.4, 0.5) is 0 Å². The van der Waals surface area contributed by atoms with Crippen molar-refractivity contribution in [2.24, 2.45) is 0 Å². The fraction of sp³-hybridized carbons (Fsp3) is 0.667. The van der Waals surface area contributed by atoms with E-state index in [0.717, 1.165) is 11.2 Å². The Labute approximate surface area is 117 Å². The average molecular weight is 262 g/mol. The van der Waals surface area contributed by atoms with Gasteiger partial charge in [0.05, 0.1) is 11.2 Å². The van der Waals surface area contributed by atoms with Crippen LogP contribution in [0, 0.1) is 0 Å². The fourth-order valence-corrected chi connectivity index (χ4v) is 1.29. The normalized spacial score (nSPS) is 13.5. The Morgan fingerprint density at radius 2 is 1.68 bits per heavy atom. The number of rotatable bonds is 4. The second kappa shape index (κ2) is 5.26. The molecule has 0 fully saturated rings. The van der Waals surface area contributed by atoms with E-state index < -0.39 is 11.2 Å². The summed E-state index contributed by atoms with van der Waals surface area (Å²) in [6, 6.07) is 3.91. The summed E-state index contributed by atoms with van der Waals surface area (Å²) in [6.07, 6.45) is 1.78. The summed E-state index contributed by atoms with van der Waals surface area (Å²) in [7, 11) is 1.69. The molecule has 0 aliphatic heterocycles. The van der Waals surface area contributed by atoms with Gasteiger partial charge < -0.3 is 9.76 Å². The molecule has 0 aliphatic rings. The molecular formula is C15H25BNO2. The first-order chi connectivity index (χ1) is 8.43. The van der Waals surface area contributed by atoms with Crippen LogP contribution >= 0.6 is 0 Å². The van der Waals surface area contributed by atoms with Gasteiger partial charge in [-0.15, -0.1) is 0 Å². The number of aromatic nitrogens is 1. The molecule has 19 heavy (non-hydrogen) atoms. The second-order valence-corrected chi connectivity index (χ2v) is 7.03. The van der Waals surface area contributed by atoms with Gasteiger partial charge in [0.25, 0.3) is 0 Å². The lowest BCUT2D eigenvalue weighted by atomic mass is 9.81. The Morgan fingerprint density at radius 1 is 1.11 bits per heavy atom. The molecule has 1 aromatic heterocycles. The van der Waals surface area contributed by atoms with Gasteiger partial charge in [-0.25, -0.2) is 0 Å². The summed E-state index contributed by atoms with van der Waals surface area (Å²) in [5, 5.41) is 10.0. The first kappa shape index (κ1) is 16.2. The van der Waals surface area contributed by atoms with Crippen molar-refractivity contribution in [1.29, 1.82) is 0 Å². The van der Waals surface area contributed by atoms with Crippen LogP contribution in [0.3, 0.4) is 0 Å². The third-order valence-corrected chi connectivity index (χ3v) is 3.52. The molecule has 0 amide bonds. The first-order valence-electron chi connectivity index (χ1n) is 6.63. The van der Waals surface area contributed by atoms with Crippen molar-refractivity contribution in [1.82, 2.24) is 4.98 Å². The molecule has 0 saturated carbocycles. The molecule has 0 bridgehead atoms. The van der Waals surface area contributed by atoms with Crippen LogP contribution in [0.5, 0.6) is 0 Å². The third-order valence-electron chi connectivity index (χ3n) is 3.52. The predicted molar refractivity (Wildman–Crippen MR) is 79.8 cm³/mol. The number of hydrogen-bond donors (Lipinski definition) is 1. The maximum Gasteiger partial charge on any atom is 0.331 e. The minimum atomic E-state index is -0.913. The van der Waals surface area contributed by atoms with Gasteiger partial charge in [-0.05, 0) is 39.8 Å². The van der Waals surface area contributed by atoms with E-state index in [9.17, 15) is 5.11 Å². The van der Waals surface area contributed by atoms with E-state index >= 15 is 0 Å². The van der Waals surface area contributed by atoms with Gasteiger partial charge in [-0.2, -0.15) is 0 Å². The van der Waals surface area contributed by atoms with Crippen molar-refractivity contribution in [3.63, 3.8) is 0 Å². The predicted octanol–water partition coefficient (Wildman–Crippen LogP) is 2.19. The molecule has 0 unspecified atom stereocenters. The van der Waals surface area contributed by atoms with Gasteiger partial charge in [-0.3, -0.25) is 4.98 Å². The van der Waals surface area contributed by atoms with Crippen LogP contribution in [-0.2, 0) is 10.1 Å². The molecule has 4 heteroatoms. The summed E-state index contributed by atoms with van der Waals surface area (Å²) in [5.74, 6) is 0. The summed E-state index contributed by atoms with van der Waals surface area (Å²) < 4.78 is 5.74. The Kier molecular flexibility index (Phi) is 4.48. The van der Waals surface area contributed by atoms with Gasteiger partial charge in [-0.1, -0.05) is 26.2 Å². The number of nitrogens with zero attached hydrogens (tertiary/aromatic N) is 1. The molecule has 1 radical (unpaired) electrons. The van der Waals surface area contributed by atoms with Crippen molar-refractivity contribution in [3.8, 4) is 0 Å². The Hall–Kier alpha value is -0.865. The largest absolute Gasteiger partial charge is 0.427 e. The number of pyridine rings is 1. The van der Waals surface area contributed by atoms with Crippen LogP contribution in [0.1, 0.15) is 54.2 Å². The average Bonchev–Trinajstić information content (AvgIpc) is 2.24. The molecule has 105 valence electrons. The second-order valence-electron chi connectivity index (χ2n) is 7.03. The van der Waals surface area contributed by atoms with Crippen LogP contribution in [-0.4, -0.2) is 28.8 Å². The molecule has 0 spiro atoms. The molecule has 0 saturated heterocycles. The number of hydrogen-bond acceptors (Lipinski definition) is 3. The Balaban J connectivity index is 2.80. The highest BCUT2D eigenvalue weighted by atomic mass is 16.5. The van der Waals surface area contributed by atoms with Gasteiger partial charge in [0.2, 0.25) is 0 Å². The zero-order valence-electron chi connectivity index (χ0n) is 13.1. The molecule has 1 aromatic rings. The summed E-state index contributed by atoms with van der Waals surface area (Å²) in [4.78, 5) is 4.38. The minimum Gasteiger partial charge on any atom is -0.427 e. The van der Waals surface area contributed by atoms with E-state index in [2.05, 4.69) is 25.8 Å². The molecular weight excluding hydrogens is 237 g/mol. The van der Waals surface area contributed by atoms with E-state index in [1.54, 1.807) is 27.5 Å². The van der Waals surface area contributed by atoms with Crippen molar-refractivity contribution in [3.05, 3.63) is 24.0 Å². The van der Waals surface area contributed by atoms with Crippen molar-refractivity contribution in [2.75, 3.05) is 0 Å². The van der Waals surface area contributed by atoms with Crippen LogP contribution in [0.25, 0.3) is 0 Å². The van der Waals surface area contributed by atoms with Gasteiger partial charge in [0.1, 0.15) is 0 Å². The van der Waals surface area contributed by atoms with E-state index in [1.807, 2.05) is 26.0 Å². The Morgan fingerprint density at radius 3 is 2.16 bits per heavy atom. The molecule has 0 aromatic carbocycles. The lowest BCUT2D eigenvalue weighted by molar-refractivity contribution is -0.0893. The highest BCUT2D eigenvalue weighted by molar-refractivity contribution is 6.47. The van der Waals surface area contributed by atoms with E-state index in [-0.39, 0.29) is 5.41 Å². The summed E-state index contributed by atoms with van der Waals surface area (Å²) in [6.45, 7) is 13.6. The third kappa shape index (κ3) is 4.32. The fourth-order valence-electron chi connectivity index (χ4n) is 1.29. The molecule has 0 aliphatic carbocycles. The van der Waals surface area contributed by atoms with E-state index in [1.165, 1.54) is 0 Å². The highest BCUT2D eigenvalue weighted by Crippen LogP contribution is 2.24. The molecule has 0 atom stereocenters. The van der Waals surface area contributed by atoms with Gasteiger partial charge in [0, 0.05) is 17.3 Å². The van der Waals surface area contributed by atoms with Crippen LogP contribution in [0.15, 0.2) is 18.3 Å². The smallest absolute Gasteiger partial charge is 0.331 e. The van der Waals surface area contributed by atoms with Crippen LogP contribution < -0.4 is 5.46 Å². The topological polar surface area (TPSA) is 42.4 Å². The van der Waals surface area contributed by atoms with E-state index in [4.69, 9.17) is 4.65 Å². The molecule has 1 heterocycles. The first-order valence-corrected chi connectivity index (χ1v) is 6.63. The maximum absolute atomic E-state index is 10.0. The molecule has 1 rings (SSSR count). The summed E-state index contributed by atoms with van der Waals surface area (Å²) >= 11 is 0. The van der Waals surface area contributed by atoms with E-state index in [0.29, 0.717) is 0 Å². The lowest BCUT2D eigenvalue weighted by Gasteiger charge is -2.37. The standard InChI is InChI=1S/C15H25BNO2/c1-13(2,3)12-10-11(8-9-17-12)16-19-15(6,7)14(4,5)18/h8-10,18H,1-7H3. The lowest BCUT2D eigenvalue weighted by Crippen LogP contribution is -2.49. The zero-order valence-corrected chi connectivity index (χ0v) is 13.1. The van der Waals surface area contributed by atoms with Crippen molar-refractivity contribution >= 4 is 12.9 Å². The zero-order chi connectivity index (χ0) is 14.9. The SMILES string of the molecule is CC(C)(C)c1cc([B]OC(C)(C)C(C)(C)O)ccn1. The highest BCUT2D eigenvalue weighted by Gasteiger charge is 2.35. The summed E-state index contributed by atoms with van der Waals surface area (Å²) in [5.41, 5.74) is 0.417. The molecule has 3 nitrogen and oxygen atoms in total.